The van der Waals surface area contributed by atoms with Gasteiger partial charge in [-0.3, -0.25) is 19.8 Å². The summed E-state index contributed by atoms with van der Waals surface area (Å²) in [6, 6.07) is 11.3. The van der Waals surface area contributed by atoms with E-state index in [-0.39, 0.29) is 22.4 Å². The number of thiocarbonyl (C=S) groups is 1. The Hall–Kier alpha value is -2.64. The maximum absolute atomic E-state index is 13.0. The summed E-state index contributed by atoms with van der Waals surface area (Å²) >= 11 is 21.7. The Morgan fingerprint density at radius 2 is 1.76 bits per heavy atom. The Morgan fingerprint density at radius 1 is 1.05 bits per heavy atom. The molecule has 190 valence electrons. The molecule has 0 spiro atoms. The molecule has 37 heavy (non-hydrogen) atoms. The lowest BCUT2D eigenvalue weighted by Gasteiger charge is -2.15. The Kier molecular flexibility index (Phi) is 7.86. The van der Waals surface area contributed by atoms with Crippen LogP contribution in [0, 0.1) is 10.1 Å². The number of anilines is 1. The van der Waals surface area contributed by atoms with Crippen LogP contribution in [0.5, 0.6) is 11.5 Å². The van der Waals surface area contributed by atoms with Crippen molar-refractivity contribution < 1.29 is 27.6 Å². The number of benzene rings is 3. The van der Waals surface area contributed by atoms with E-state index in [2.05, 4.69) is 15.9 Å². The summed E-state index contributed by atoms with van der Waals surface area (Å²) in [6.45, 7) is 0. The summed E-state index contributed by atoms with van der Waals surface area (Å²) in [4.78, 5) is 25.0. The summed E-state index contributed by atoms with van der Waals surface area (Å²) < 4.78 is 45.0. The highest BCUT2D eigenvalue weighted by molar-refractivity contribution is 9.10. The van der Waals surface area contributed by atoms with E-state index in [0.717, 1.165) is 17.8 Å². The minimum atomic E-state index is -4.74. The molecule has 0 bridgehead atoms. The molecule has 1 heterocycles. The van der Waals surface area contributed by atoms with Crippen LogP contribution in [0.2, 0.25) is 10.0 Å². The van der Waals surface area contributed by atoms with Gasteiger partial charge >= 0.3 is 11.9 Å². The van der Waals surface area contributed by atoms with Crippen molar-refractivity contribution in [3.05, 3.63) is 95.3 Å². The van der Waals surface area contributed by atoms with Crippen molar-refractivity contribution >= 4 is 90.8 Å². The summed E-state index contributed by atoms with van der Waals surface area (Å²) in [5.41, 5.74) is -0.977. The highest BCUT2D eigenvalue weighted by Crippen LogP contribution is 2.41. The first-order chi connectivity index (χ1) is 17.3. The normalized spacial score (nSPS) is 15.0. The van der Waals surface area contributed by atoms with Gasteiger partial charge in [0.05, 0.1) is 35.6 Å². The predicted molar refractivity (Wildman–Crippen MR) is 144 cm³/mol. The number of nitrogens with zero attached hydrogens (tertiary/aromatic N) is 2. The van der Waals surface area contributed by atoms with Crippen LogP contribution in [-0.4, -0.2) is 15.2 Å². The molecule has 0 aromatic heterocycles. The van der Waals surface area contributed by atoms with Gasteiger partial charge in [-0.2, -0.15) is 13.2 Å². The molecule has 3 aromatic rings. The monoisotopic (exact) mass is 648 g/mol. The Morgan fingerprint density at radius 3 is 2.38 bits per heavy atom. The molecule has 0 aliphatic carbocycles. The van der Waals surface area contributed by atoms with Gasteiger partial charge < -0.3 is 4.74 Å². The molecule has 1 fully saturated rings. The van der Waals surface area contributed by atoms with Crippen LogP contribution in [0.3, 0.4) is 0 Å². The van der Waals surface area contributed by atoms with E-state index in [4.69, 9.17) is 40.2 Å². The van der Waals surface area contributed by atoms with E-state index in [0.29, 0.717) is 42.1 Å². The molecule has 0 unspecified atom stereocenters. The van der Waals surface area contributed by atoms with Gasteiger partial charge in [-0.1, -0.05) is 53.2 Å². The van der Waals surface area contributed by atoms with E-state index in [1.54, 1.807) is 30.3 Å². The number of alkyl halides is 3. The number of rotatable bonds is 5. The number of halogens is 6. The lowest BCUT2D eigenvalue weighted by Crippen LogP contribution is -2.27. The molecular weight excluding hydrogens is 640 g/mol. The molecule has 0 N–H and O–H groups in total. The largest absolute Gasteiger partial charge is 0.449 e. The fourth-order valence-corrected chi connectivity index (χ4v) is 5.27. The molecule has 0 saturated carbocycles. The number of carbonyl (C=O) groups excluding carboxylic acids is 1. The number of nitro groups is 1. The quantitative estimate of drug-likeness (QED) is 0.119. The lowest BCUT2D eigenvalue weighted by atomic mass is 10.1. The van der Waals surface area contributed by atoms with Crippen LogP contribution in [-0.2, 0) is 11.0 Å². The SMILES string of the molecule is O=C1/C(=C/c2ccc(Oc3ccc(C(F)(F)F)cc3[N+](=O)[O-])c(Br)c2)SC(=S)N1c1ccc(Cl)c(Cl)c1. The van der Waals surface area contributed by atoms with Gasteiger partial charge in [-0.25, -0.2) is 0 Å². The number of ether oxygens (including phenoxy) is 1. The molecule has 0 atom stereocenters. The third kappa shape index (κ3) is 5.93. The third-order valence-electron chi connectivity index (χ3n) is 4.91. The summed E-state index contributed by atoms with van der Waals surface area (Å²) in [5.74, 6) is -0.623. The van der Waals surface area contributed by atoms with Crippen molar-refractivity contribution in [3.8, 4) is 11.5 Å². The first-order valence-corrected chi connectivity index (χ1v) is 12.7. The Balaban J connectivity index is 1.58. The second-order valence-corrected chi connectivity index (χ2v) is 10.7. The second kappa shape index (κ2) is 10.6. The van der Waals surface area contributed by atoms with Gasteiger partial charge in [0.25, 0.3) is 5.91 Å². The van der Waals surface area contributed by atoms with Gasteiger partial charge in [0.15, 0.2) is 4.32 Å². The Bertz CT molecular complexity index is 1500. The van der Waals surface area contributed by atoms with E-state index in [1.807, 2.05) is 0 Å². The standard InChI is InChI=1S/C23H10BrCl2F3N2O4S2/c24-14-7-11(8-20-21(32)30(22(36)37-20)13-3-4-15(25)16(26)10-13)1-5-18(14)35-19-6-2-12(23(27,28)29)9-17(19)31(33)34/h1-10H/b20-8-. The van der Waals surface area contributed by atoms with Gasteiger partial charge in [-0.05, 0) is 70.0 Å². The zero-order chi connectivity index (χ0) is 27.1. The molecule has 1 aliphatic rings. The van der Waals surface area contributed by atoms with E-state index >= 15 is 0 Å². The lowest BCUT2D eigenvalue weighted by molar-refractivity contribution is -0.385. The molecular formula is C23H10BrCl2F3N2O4S2. The number of hydrogen-bond acceptors (Lipinski definition) is 6. The first-order valence-electron chi connectivity index (χ1n) is 9.91. The van der Waals surface area contributed by atoms with Crippen molar-refractivity contribution in [2.24, 2.45) is 0 Å². The molecule has 4 rings (SSSR count). The maximum Gasteiger partial charge on any atom is 0.416 e. The zero-order valence-corrected chi connectivity index (χ0v) is 22.6. The van der Waals surface area contributed by atoms with Gasteiger partial charge in [0, 0.05) is 6.07 Å². The van der Waals surface area contributed by atoms with E-state index in [9.17, 15) is 28.1 Å². The molecule has 1 saturated heterocycles. The topological polar surface area (TPSA) is 72.7 Å². The van der Waals surface area contributed by atoms with Crippen LogP contribution >= 0.6 is 63.1 Å². The summed E-state index contributed by atoms with van der Waals surface area (Å²) in [5, 5.41) is 11.9. The van der Waals surface area contributed by atoms with E-state index in [1.165, 1.54) is 17.0 Å². The molecule has 1 amide bonds. The minimum absolute atomic E-state index is 0.114. The molecule has 6 nitrogen and oxygen atoms in total. The fraction of sp³-hybridized carbons (Fsp3) is 0.0435. The number of amides is 1. The van der Waals surface area contributed by atoms with Gasteiger partial charge in [0.2, 0.25) is 5.75 Å². The van der Waals surface area contributed by atoms with Crippen molar-refractivity contribution in [1.29, 1.82) is 0 Å². The van der Waals surface area contributed by atoms with Crippen molar-refractivity contribution in [3.63, 3.8) is 0 Å². The van der Waals surface area contributed by atoms with Crippen molar-refractivity contribution in [2.45, 2.75) is 6.18 Å². The predicted octanol–water partition coefficient (Wildman–Crippen LogP) is 8.88. The zero-order valence-electron chi connectivity index (χ0n) is 17.9. The second-order valence-electron chi connectivity index (χ2n) is 7.34. The van der Waals surface area contributed by atoms with Crippen LogP contribution < -0.4 is 9.64 Å². The first kappa shape index (κ1) is 27.4. The van der Waals surface area contributed by atoms with E-state index < -0.39 is 22.4 Å². The fourth-order valence-electron chi connectivity index (χ4n) is 3.20. The van der Waals surface area contributed by atoms with Crippen LogP contribution in [0.25, 0.3) is 6.08 Å². The van der Waals surface area contributed by atoms with Gasteiger partial charge in [0.1, 0.15) is 5.75 Å². The number of hydrogen-bond donors (Lipinski definition) is 0. The van der Waals surface area contributed by atoms with Gasteiger partial charge in [-0.15, -0.1) is 0 Å². The van der Waals surface area contributed by atoms with Crippen molar-refractivity contribution in [2.75, 3.05) is 4.90 Å². The number of carbonyl (C=O) groups is 1. The highest BCUT2D eigenvalue weighted by atomic mass is 79.9. The summed E-state index contributed by atoms with van der Waals surface area (Å²) in [6.07, 6.45) is -3.15. The van der Waals surface area contributed by atoms with Crippen LogP contribution in [0.15, 0.2) is 64.0 Å². The third-order valence-corrected chi connectivity index (χ3v) is 7.57. The molecule has 3 aromatic carbocycles. The minimum Gasteiger partial charge on any atom is -0.449 e. The number of nitro benzene ring substituents is 1. The smallest absolute Gasteiger partial charge is 0.416 e. The molecule has 14 heteroatoms. The number of thioether (sulfide) groups is 1. The van der Waals surface area contributed by atoms with Crippen LogP contribution in [0.4, 0.5) is 24.5 Å². The average Bonchev–Trinajstić information content (AvgIpc) is 3.09. The van der Waals surface area contributed by atoms with Crippen LogP contribution in [0.1, 0.15) is 11.1 Å². The summed E-state index contributed by atoms with van der Waals surface area (Å²) in [7, 11) is 0. The van der Waals surface area contributed by atoms with Crippen molar-refractivity contribution in [1.82, 2.24) is 0 Å². The maximum atomic E-state index is 13.0. The Labute approximate surface area is 235 Å². The highest BCUT2D eigenvalue weighted by Gasteiger charge is 2.34. The average molecular weight is 650 g/mol. The molecule has 1 aliphatic heterocycles. The molecule has 0 radical (unpaired) electrons.